The van der Waals surface area contributed by atoms with E-state index in [4.69, 9.17) is 4.74 Å². The van der Waals surface area contributed by atoms with Crippen LogP contribution in [0, 0.1) is 5.92 Å². The van der Waals surface area contributed by atoms with E-state index in [2.05, 4.69) is 17.0 Å². The molecule has 1 aromatic carbocycles. The Bertz CT molecular complexity index is 865. The molecule has 10 heteroatoms. The molecule has 0 aromatic heterocycles. The zero-order valence-electron chi connectivity index (χ0n) is 20.2. The van der Waals surface area contributed by atoms with Gasteiger partial charge in [-0.25, -0.2) is 8.42 Å². The Morgan fingerprint density at radius 2 is 1.73 bits per heavy atom. The Morgan fingerprint density at radius 1 is 1.09 bits per heavy atom. The maximum atomic E-state index is 13.2. The summed E-state index contributed by atoms with van der Waals surface area (Å²) in [7, 11) is -2.36. The van der Waals surface area contributed by atoms with Gasteiger partial charge in [0.25, 0.3) is 0 Å². The van der Waals surface area contributed by atoms with Gasteiger partial charge in [-0.05, 0) is 43.0 Å². The van der Waals surface area contributed by atoms with E-state index in [1.54, 1.807) is 17.0 Å². The highest BCUT2D eigenvalue weighted by molar-refractivity contribution is 7.89. The predicted octanol–water partition coefficient (Wildman–Crippen LogP) is 1.45. The molecule has 0 saturated carbocycles. The SMILES string of the molecule is CCCCNC(=O)CN1CCN(C(=O)C(CC(C)C)NS(=O)(=O)c2ccc(OC)cc2)CC1. The van der Waals surface area contributed by atoms with Crippen LogP contribution in [-0.4, -0.2) is 82.5 Å². The van der Waals surface area contributed by atoms with Crippen LogP contribution in [0.15, 0.2) is 29.2 Å². The first-order valence-corrected chi connectivity index (χ1v) is 13.1. The number of piperazine rings is 1. The zero-order chi connectivity index (χ0) is 24.4. The summed E-state index contributed by atoms with van der Waals surface area (Å²) in [5, 5.41) is 2.91. The minimum absolute atomic E-state index is 0.00633. The molecule has 1 fully saturated rings. The van der Waals surface area contributed by atoms with Gasteiger partial charge >= 0.3 is 0 Å². The van der Waals surface area contributed by atoms with E-state index in [0.29, 0.717) is 51.4 Å². The molecular weight excluding hydrogens is 444 g/mol. The van der Waals surface area contributed by atoms with Crippen LogP contribution in [0.1, 0.15) is 40.0 Å². The van der Waals surface area contributed by atoms with Gasteiger partial charge in [-0.15, -0.1) is 0 Å². The van der Waals surface area contributed by atoms with Crippen molar-refractivity contribution in [3.63, 3.8) is 0 Å². The lowest BCUT2D eigenvalue weighted by molar-refractivity contribution is -0.135. The molecule has 1 unspecified atom stereocenters. The van der Waals surface area contributed by atoms with Crippen LogP contribution >= 0.6 is 0 Å². The summed E-state index contributed by atoms with van der Waals surface area (Å²) in [5.41, 5.74) is 0. The molecule has 2 rings (SSSR count). The van der Waals surface area contributed by atoms with Crippen LogP contribution in [0.5, 0.6) is 5.75 Å². The number of hydrogen-bond donors (Lipinski definition) is 2. The van der Waals surface area contributed by atoms with Gasteiger partial charge in [-0.2, -0.15) is 4.72 Å². The number of hydrogen-bond acceptors (Lipinski definition) is 6. The Labute approximate surface area is 197 Å². The molecule has 0 bridgehead atoms. The number of unbranched alkanes of at least 4 members (excludes halogenated alkanes) is 1. The average Bonchev–Trinajstić information content (AvgIpc) is 2.78. The van der Waals surface area contributed by atoms with Crippen LogP contribution in [0.3, 0.4) is 0 Å². The van der Waals surface area contributed by atoms with Crippen molar-refractivity contribution in [2.24, 2.45) is 5.92 Å². The molecular formula is C23H38N4O5S. The molecule has 9 nitrogen and oxygen atoms in total. The molecule has 0 radical (unpaired) electrons. The second-order valence-electron chi connectivity index (χ2n) is 8.78. The second kappa shape index (κ2) is 12.9. The maximum absolute atomic E-state index is 13.2. The molecule has 1 aliphatic rings. The number of rotatable bonds is 12. The zero-order valence-corrected chi connectivity index (χ0v) is 21.0. The highest BCUT2D eigenvalue weighted by Crippen LogP contribution is 2.18. The first kappa shape index (κ1) is 27.1. The summed E-state index contributed by atoms with van der Waals surface area (Å²) in [6.07, 6.45) is 2.38. The van der Waals surface area contributed by atoms with Gasteiger partial charge in [0.2, 0.25) is 21.8 Å². The van der Waals surface area contributed by atoms with E-state index < -0.39 is 16.1 Å². The third-order valence-electron chi connectivity index (χ3n) is 5.58. The van der Waals surface area contributed by atoms with Crippen molar-refractivity contribution in [2.45, 2.75) is 51.0 Å². The van der Waals surface area contributed by atoms with Crippen molar-refractivity contribution in [1.82, 2.24) is 19.8 Å². The molecule has 1 saturated heterocycles. The van der Waals surface area contributed by atoms with E-state index in [1.165, 1.54) is 19.2 Å². The van der Waals surface area contributed by atoms with Crippen LogP contribution in [-0.2, 0) is 19.6 Å². The average molecular weight is 483 g/mol. The van der Waals surface area contributed by atoms with Crippen LogP contribution in [0.2, 0.25) is 0 Å². The lowest BCUT2D eigenvalue weighted by Crippen LogP contribution is -2.56. The van der Waals surface area contributed by atoms with Crippen molar-refractivity contribution >= 4 is 21.8 Å². The first-order valence-electron chi connectivity index (χ1n) is 11.6. The second-order valence-corrected chi connectivity index (χ2v) is 10.5. The normalized spacial score (nSPS) is 16.0. The van der Waals surface area contributed by atoms with Gasteiger partial charge in [-0.1, -0.05) is 27.2 Å². The van der Waals surface area contributed by atoms with E-state index in [-0.39, 0.29) is 22.6 Å². The number of nitrogens with zero attached hydrogens (tertiary/aromatic N) is 2. The topological polar surface area (TPSA) is 108 Å². The standard InChI is InChI=1S/C23H38N4O5S/c1-5-6-11-24-22(28)17-26-12-14-27(15-13-26)23(29)21(16-18(2)3)25-33(30,31)20-9-7-19(32-4)8-10-20/h7-10,18,21,25H,5-6,11-17H2,1-4H3,(H,24,28). The Morgan fingerprint density at radius 3 is 2.27 bits per heavy atom. The van der Waals surface area contributed by atoms with Gasteiger partial charge in [0.05, 0.1) is 18.6 Å². The van der Waals surface area contributed by atoms with E-state index in [1.807, 2.05) is 18.7 Å². The number of sulfonamides is 1. The Balaban J connectivity index is 1.98. The number of ether oxygens (including phenoxy) is 1. The summed E-state index contributed by atoms with van der Waals surface area (Å²) >= 11 is 0. The molecule has 2 amide bonds. The third kappa shape index (κ3) is 8.60. The highest BCUT2D eigenvalue weighted by Gasteiger charge is 2.32. The molecule has 0 aliphatic carbocycles. The van der Waals surface area contributed by atoms with E-state index >= 15 is 0 Å². The van der Waals surface area contributed by atoms with Crippen molar-refractivity contribution in [1.29, 1.82) is 0 Å². The highest BCUT2D eigenvalue weighted by atomic mass is 32.2. The van der Waals surface area contributed by atoms with Crippen molar-refractivity contribution in [3.8, 4) is 5.75 Å². The predicted molar refractivity (Wildman–Crippen MR) is 127 cm³/mol. The lowest BCUT2D eigenvalue weighted by Gasteiger charge is -2.36. The Kier molecular flexibility index (Phi) is 10.6. The minimum atomic E-state index is -3.87. The van der Waals surface area contributed by atoms with Gasteiger partial charge in [0.15, 0.2) is 0 Å². The largest absolute Gasteiger partial charge is 0.497 e. The smallest absolute Gasteiger partial charge is 0.241 e. The minimum Gasteiger partial charge on any atom is -0.497 e. The number of benzene rings is 1. The third-order valence-corrected chi connectivity index (χ3v) is 7.06. The summed E-state index contributed by atoms with van der Waals surface area (Å²) < 4.78 is 33.5. The number of amides is 2. The van der Waals surface area contributed by atoms with Crippen LogP contribution in [0.4, 0.5) is 0 Å². The molecule has 0 spiro atoms. The quantitative estimate of drug-likeness (QED) is 0.437. The molecule has 1 aromatic rings. The van der Waals surface area contributed by atoms with E-state index in [0.717, 1.165) is 12.8 Å². The molecule has 1 atom stereocenters. The summed E-state index contributed by atoms with van der Waals surface area (Å²) in [6.45, 7) is 9.05. The summed E-state index contributed by atoms with van der Waals surface area (Å²) in [4.78, 5) is 29.1. The fourth-order valence-electron chi connectivity index (χ4n) is 3.69. The van der Waals surface area contributed by atoms with E-state index in [9.17, 15) is 18.0 Å². The fraction of sp³-hybridized carbons (Fsp3) is 0.652. The summed E-state index contributed by atoms with van der Waals surface area (Å²) in [5.74, 6) is 0.451. The first-order chi connectivity index (χ1) is 15.7. The number of nitrogens with one attached hydrogen (secondary N) is 2. The maximum Gasteiger partial charge on any atom is 0.241 e. The van der Waals surface area contributed by atoms with Gasteiger partial charge < -0.3 is 15.0 Å². The van der Waals surface area contributed by atoms with Gasteiger partial charge in [0.1, 0.15) is 11.8 Å². The molecule has 1 heterocycles. The van der Waals surface area contributed by atoms with Crippen molar-refractivity contribution in [3.05, 3.63) is 24.3 Å². The van der Waals surface area contributed by atoms with Gasteiger partial charge in [-0.3, -0.25) is 14.5 Å². The number of methoxy groups -OCH3 is 1. The van der Waals surface area contributed by atoms with Crippen LogP contribution in [0.25, 0.3) is 0 Å². The molecule has 1 aliphatic heterocycles. The summed E-state index contributed by atoms with van der Waals surface area (Å²) in [6, 6.07) is 5.22. The molecule has 33 heavy (non-hydrogen) atoms. The van der Waals surface area contributed by atoms with Crippen LogP contribution < -0.4 is 14.8 Å². The monoisotopic (exact) mass is 482 g/mol. The van der Waals surface area contributed by atoms with Crippen molar-refractivity contribution < 1.29 is 22.7 Å². The number of carbonyl (C=O) groups excluding carboxylic acids is 2. The van der Waals surface area contributed by atoms with Crippen molar-refractivity contribution in [2.75, 3.05) is 46.4 Å². The Hall–Kier alpha value is -2.17. The lowest BCUT2D eigenvalue weighted by atomic mass is 10.0. The fourth-order valence-corrected chi connectivity index (χ4v) is 4.89. The molecule has 186 valence electrons. The van der Waals surface area contributed by atoms with Gasteiger partial charge in [0, 0.05) is 32.7 Å². The molecule has 2 N–H and O–H groups in total. The number of carbonyl (C=O) groups is 2.